The number of rotatable bonds is 8. The molecule has 0 heterocycles. The zero-order valence-electron chi connectivity index (χ0n) is 9.51. The van der Waals surface area contributed by atoms with E-state index in [0.717, 1.165) is 0 Å². The first-order valence-electron chi connectivity index (χ1n) is 5.15. The summed E-state index contributed by atoms with van der Waals surface area (Å²) in [6.45, 7) is 1.12. The number of aliphatic hydroxyl groups excluding tert-OH is 3. The fourth-order valence-electron chi connectivity index (χ4n) is 1.22. The van der Waals surface area contributed by atoms with E-state index in [1.165, 1.54) is 6.92 Å². The van der Waals surface area contributed by atoms with Crippen LogP contribution in [-0.2, 0) is 9.09 Å². The summed E-state index contributed by atoms with van der Waals surface area (Å²) < 4.78 is 14.5. The standard InChI is InChI=1S/C8H20NO7P/c1-5(10)8(12)7(9)6(11)3-2-4-16-17(13,14)15/h5-8,10-12H,2-4,9H2,1H3,(H2,13,14,15). The summed E-state index contributed by atoms with van der Waals surface area (Å²) in [6.07, 6.45) is -3.13. The van der Waals surface area contributed by atoms with E-state index in [0.29, 0.717) is 0 Å². The minimum Gasteiger partial charge on any atom is -0.391 e. The second-order valence-corrected chi connectivity index (χ2v) is 5.08. The first-order chi connectivity index (χ1) is 7.65. The van der Waals surface area contributed by atoms with Crippen LogP contribution in [0.15, 0.2) is 0 Å². The maximum atomic E-state index is 10.3. The Hall–Kier alpha value is -0.0500. The Morgan fingerprint density at radius 3 is 2.24 bits per heavy atom. The number of hydrogen-bond acceptors (Lipinski definition) is 6. The molecule has 0 fully saturated rings. The number of nitrogens with two attached hydrogens (primary N) is 1. The third kappa shape index (κ3) is 7.80. The molecule has 17 heavy (non-hydrogen) atoms. The molecular formula is C8H20NO7P. The summed E-state index contributed by atoms with van der Waals surface area (Å²) in [5, 5.41) is 27.9. The van der Waals surface area contributed by atoms with E-state index >= 15 is 0 Å². The number of hydrogen-bond donors (Lipinski definition) is 6. The van der Waals surface area contributed by atoms with Gasteiger partial charge in [-0.3, -0.25) is 4.52 Å². The minimum atomic E-state index is -4.49. The largest absolute Gasteiger partial charge is 0.469 e. The van der Waals surface area contributed by atoms with Crippen molar-refractivity contribution in [2.24, 2.45) is 5.73 Å². The van der Waals surface area contributed by atoms with Gasteiger partial charge in [-0.05, 0) is 19.8 Å². The predicted molar refractivity (Wildman–Crippen MR) is 58.9 cm³/mol. The quantitative estimate of drug-likeness (QED) is 0.226. The van der Waals surface area contributed by atoms with Crippen molar-refractivity contribution in [1.82, 2.24) is 0 Å². The SMILES string of the molecule is CC(O)C(O)C(N)C(O)CCCOP(=O)(O)O. The first-order valence-corrected chi connectivity index (χ1v) is 6.68. The van der Waals surface area contributed by atoms with Crippen LogP contribution >= 0.6 is 7.82 Å². The Morgan fingerprint density at radius 2 is 1.82 bits per heavy atom. The average Bonchev–Trinajstić information content (AvgIpc) is 2.20. The molecule has 4 unspecified atom stereocenters. The van der Waals surface area contributed by atoms with Crippen molar-refractivity contribution in [3.05, 3.63) is 0 Å². The lowest BCUT2D eigenvalue weighted by Gasteiger charge is -2.25. The normalized spacial score (nSPS) is 19.7. The number of phosphoric acid groups is 1. The van der Waals surface area contributed by atoms with Crippen LogP contribution in [0.3, 0.4) is 0 Å². The lowest BCUT2D eigenvalue weighted by Crippen LogP contribution is -2.49. The highest BCUT2D eigenvalue weighted by Crippen LogP contribution is 2.35. The third-order valence-electron chi connectivity index (χ3n) is 2.24. The molecule has 0 saturated heterocycles. The maximum Gasteiger partial charge on any atom is 0.469 e. The molecule has 0 amide bonds. The van der Waals surface area contributed by atoms with Gasteiger partial charge in [-0.15, -0.1) is 0 Å². The highest BCUT2D eigenvalue weighted by molar-refractivity contribution is 7.46. The Balaban J connectivity index is 3.86. The van der Waals surface area contributed by atoms with Crippen molar-refractivity contribution in [1.29, 1.82) is 0 Å². The molecule has 0 spiro atoms. The molecule has 0 rings (SSSR count). The minimum absolute atomic E-state index is 0.102. The van der Waals surface area contributed by atoms with Crippen molar-refractivity contribution in [3.63, 3.8) is 0 Å². The molecule has 8 nitrogen and oxygen atoms in total. The van der Waals surface area contributed by atoms with Crippen LogP contribution in [0.25, 0.3) is 0 Å². The van der Waals surface area contributed by atoms with Gasteiger partial charge in [0.1, 0.15) is 0 Å². The van der Waals surface area contributed by atoms with E-state index in [4.69, 9.17) is 20.6 Å². The van der Waals surface area contributed by atoms with Gasteiger partial charge in [0, 0.05) is 0 Å². The van der Waals surface area contributed by atoms with E-state index < -0.39 is 32.2 Å². The molecular weight excluding hydrogens is 253 g/mol. The van der Waals surface area contributed by atoms with Gasteiger partial charge in [0.05, 0.1) is 31.0 Å². The first kappa shape index (κ1) is 16.9. The van der Waals surface area contributed by atoms with Crippen LogP contribution < -0.4 is 5.73 Å². The Labute approximate surface area is 99.3 Å². The van der Waals surface area contributed by atoms with Crippen LogP contribution in [-0.4, -0.2) is 56.1 Å². The molecule has 0 aliphatic carbocycles. The summed E-state index contributed by atoms with van der Waals surface area (Å²) >= 11 is 0. The summed E-state index contributed by atoms with van der Waals surface area (Å²) in [5.74, 6) is 0. The van der Waals surface area contributed by atoms with E-state index in [1.54, 1.807) is 0 Å². The third-order valence-corrected chi connectivity index (χ3v) is 2.76. The van der Waals surface area contributed by atoms with Gasteiger partial charge < -0.3 is 30.8 Å². The molecule has 0 bridgehead atoms. The maximum absolute atomic E-state index is 10.3. The van der Waals surface area contributed by atoms with Gasteiger partial charge in [-0.1, -0.05) is 0 Å². The highest BCUT2D eigenvalue weighted by atomic mass is 31.2. The molecule has 0 aromatic carbocycles. The molecule has 9 heteroatoms. The lowest BCUT2D eigenvalue weighted by atomic mass is 9.99. The van der Waals surface area contributed by atoms with Crippen LogP contribution in [0.5, 0.6) is 0 Å². The molecule has 7 N–H and O–H groups in total. The molecule has 4 atom stereocenters. The fraction of sp³-hybridized carbons (Fsp3) is 1.00. The molecule has 0 aromatic rings. The topological polar surface area (TPSA) is 153 Å². The number of aliphatic hydroxyl groups is 3. The van der Waals surface area contributed by atoms with E-state index in [2.05, 4.69) is 4.52 Å². The van der Waals surface area contributed by atoms with Crippen molar-refractivity contribution in [3.8, 4) is 0 Å². The number of phosphoric ester groups is 1. The second kappa shape index (κ2) is 7.40. The molecule has 0 aliphatic heterocycles. The Kier molecular flexibility index (Phi) is 7.38. The van der Waals surface area contributed by atoms with Crippen LogP contribution in [0.1, 0.15) is 19.8 Å². The van der Waals surface area contributed by atoms with Gasteiger partial charge in [0.15, 0.2) is 0 Å². The monoisotopic (exact) mass is 273 g/mol. The van der Waals surface area contributed by atoms with Gasteiger partial charge >= 0.3 is 7.82 Å². The van der Waals surface area contributed by atoms with E-state index in [-0.39, 0.29) is 19.4 Å². The Bertz CT molecular complexity index is 256. The summed E-state index contributed by atoms with van der Waals surface area (Å²) in [7, 11) is -4.49. The fourth-order valence-corrected chi connectivity index (χ4v) is 1.58. The van der Waals surface area contributed by atoms with Gasteiger partial charge in [-0.25, -0.2) is 4.57 Å². The highest BCUT2D eigenvalue weighted by Gasteiger charge is 2.26. The second-order valence-electron chi connectivity index (χ2n) is 3.84. The van der Waals surface area contributed by atoms with Crippen LogP contribution in [0.4, 0.5) is 0 Å². The van der Waals surface area contributed by atoms with Crippen LogP contribution in [0.2, 0.25) is 0 Å². The van der Waals surface area contributed by atoms with Crippen molar-refractivity contribution in [2.75, 3.05) is 6.61 Å². The van der Waals surface area contributed by atoms with Gasteiger partial charge in [0.25, 0.3) is 0 Å². The smallest absolute Gasteiger partial charge is 0.391 e. The molecule has 0 saturated carbocycles. The lowest BCUT2D eigenvalue weighted by molar-refractivity contribution is -0.0220. The average molecular weight is 273 g/mol. The van der Waals surface area contributed by atoms with Gasteiger partial charge in [-0.2, -0.15) is 0 Å². The summed E-state index contributed by atoms with van der Waals surface area (Å²) in [6, 6.07) is -1.02. The summed E-state index contributed by atoms with van der Waals surface area (Å²) in [5.41, 5.74) is 5.48. The van der Waals surface area contributed by atoms with E-state index in [1.807, 2.05) is 0 Å². The molecule has 0 radical (unpaired) electrons. The zero-order valence-corrected chi connectivity index (χ0v) is 10.4. The Morgan fingerprint density at radius 1 is 1.29 bits per heavy atom. The van der Waals surface area contributed by atoms with Gasteiger partial charge in [0.2, 0.25) is 0 Å². The van der Waals surface area contributed by atoms with Crippen LogP contribution in [0, 0.1) is 0 Å². The molecule has 0 aliphatic rings. The predicted octanol–water partition coefficient (Wildman–Crippen LogP) is -1.69. The van der Waals surface area contributed by atoms with E-state index in [9.17, 15) is 14.8 Å². The van der Waals surface area contributed by atoms with Crippen molar-refractivity contribution >= 4 is 7.82 Å². The zero-order chi connectivity index (χ0) is 13.6. The molecule has 104 valence electrons. The molecule has 0 aromatic heterocycles. The van der Waals surface area contributed by atoms with Crippen molar-refractivity contribution in [2.45, 2.75) is 44.1 Å². The van der Waals surface area contributed by atoms with Crippen molar-refractivity contribution < 1.29 is 34.2 Å². The summed E-state index contributed by atoms with van der Waals surface area (Å²) in [4.78, 5) is 16.8.